The minimum atomic E-state index is -0.775. The monoisotopic (exact) mass is 292 g/mol. The normalized spacial score (nSPS) is 11.7. The first-order valence-corrected chi connectivity index (χ1v) is 7.36. The van der Waals surface area contributed by atoms with Crippen LogP contribution in [0.15, 0.2) is 24.3 Å². The third-order valence-corrected chi connectivity index (χ3v) is 3.37. The first kappa shape index (κ1) is 17.0. The van der Waals surface area contributed by atoms with Crippen LogP contribution in [-0.4, -0.2) is 23.7 Å². The second-order valence-corrected chi connectivity index (χ2v) is 5.26. The van der Waals surface area contributed by atoms with Crippen LogP contribution in [0.1, 0.15) is 38.7 Å². The summed E-state index contributed by atoms with van der Waals surface area (Å²) in [5, 5.41) is 14.2. The summed E-state index contributed by atoms with van der Waals surface area (Å²) in [7, 11) is 0. The lowest BCUT2D eigenvalue weighted by molar-refractivity contribution is -0.137. The zero-order valence-electron chi connectivity index (χ0n) is 12.7. The number of urea groups is 1. The van der Waals surface area contributed by atoms with Gasteiger partial charge in [-0.1, -0.05) is 26.0 Å². The molecule has 0 aliphatic rings. The van der Waals surface area contributed by atoms with Crippen LogP contribution in [0.25, 0.3) is 0 Å². The van der Waals surface area contributed by atoms with Gasteiger partial charge in [0.15, 0.2) is 0 Å². The Hall–Kier alpha value is -2.04. The number of carboxylic acids is 1. The molecule has 0 saturated heterocycles. The molecule has 1 aromatic rings. The van der Waals surface area contributed by atoms with Gasteiger partial charge in [0.25, 0.3) is 0 Å². The molecule has 1 rings (SSSR count). The van der Waals surface area contributed by atoms with Crippen molar-refractivity contribution in [2.45, 2.75) is 39.5 Å². The molecule has 1 unspecified atom stereocenters. The summed E-state index contributed by atoms with van der Waals surface area (Å²) in [6.07, 6.45) is 2.52. The van der Waals surface area contributed by atoms with E-state index in [0.29, 0.717) is 13.0 Å². The molecule has 5 nitrogen and oxygen atoms in total. The molecule has 0 aliphatic carbocycles. The predicted octanol–water partition coefficient (Wildman–Crippen LogP) is 3.26. The number of carbonyl (C=O) groups is 2. The molecule has 1 atom stereocenters. The highest BCUT2D eigenvalue weighted by atomic mass is 16.4. The summed E-state index contributed by atoms with van der Waals surface area (Å²) in [4.78, 5) is 22.2. The number of benzene rings is 1. The van der Waals surface area contributed by atoms with Gasteiger partial charge in [0, 0.05) is 18.7 Å². The van der Waals surface area contributed by atoms with E-state index in [4.69, 9.17) is 5.11 Å². The number of aliphatic carboxylic acids is 1. The standard InChI is InChI=1S/C16H24N2O3/c1-3-13-5-4-6-14(11-13)18-16(21)17-10-9-12(2)7-8-15(19)20/h4-6,11-12H,3,7-10H2,1-2H3,(H,19,20)(H2,17,18,21). The Bertz CT molecular complexity index is 474. The SMILES string of the molecule is CCc1cccc(NC(=O)NCCC(C)CCC(=O)O)c1. The molecule has 0 saturated carbocycles. The number of hydrogen-bond donors (Lipinski definition) is 3. The molecule has 3 N–H and O–H groups in total. The number of hydrogen-bond acceptors (Lipinski definition) is 2. The van der Waals surface area contributed by atoms with E-state index in [1.54, 1.807) is 0 Å². The van der Waals surface area contributed by atoms with E-state index in [2.05, 4.69) is 17.6 Å². The van der Waals surface area contributed by atoms with Crippen molar-refractivity contribution < 1.29 is 14.7 Å². The van der Waals surface area contributed by atoms with Crippen LogP contribution in [-0.2, 0) is 11.2 Å². The molecular weight excluding hydrogens is 268 g/mol. The van der Waals surface area contributed by atoms with Gasteiger partial charge in [-0.3, -0.25) is 4.79 Å². The third kappa shape index (κ3) is 7.34. The Morgan fingerprint density at radius 3 is 2.71 bits per heavy atom. The highest BCUT2D eigenvalue weighted by Crippen LogP contribution is 2.11. The largest absolute Gasteiger partial charge is 0.481 e. The molecule has 2 amide bonds. The smallest absolute Gasteiger partial charge is 0.319 e. The Morgan fingerprint density at radius 2 is 2.05 bits per heavy atom. The number of amides is 2. The highest BCUT2D eigenvalue weighted by molar-refractivity contribution is 5.89. The fourth-order valence-corrected chi connectivity index (χ4v) is 1.99. The van der Waals surface area contributed by atoms with Gasteiger partial charge in [0.1, 0.15) is 0 Å². The van der Waals surface area contributed by atoms with Crippen LogP contribution in [0.4, 0.5) is 10.5 Å². The fraction of sp³-hybridized carbons (Fsp3) is 0.500. The van der Waals surface area contributed by atoms with E-state index >= 15 is 0 Å². The van der Waals surface area contributed by atoms with E-state index in [0.717, 1.165) is 18.5 Å². The zero-order valence-corrected chi connectivity index (χ0v) is 12.7. The van der Waals surface area contributed by atoms with Crippen LogP contribution >= 0.6 is 0 Å². The summed E-state index contributed by atoms with van der Waals surface area (Å²) in [6, 6.07) is 7.52. The average molecular weight is 292 g/mol. The lowest BCUT2D eigenvalue weighted by Crippen LogP contribution is -2.30. The molecule has 116 valence electrons. The lowest BCUT2D eigenvalue weighted by Gasteiger charge is -2.12. The quantitative estimate of drug-likeness (QED) is 0.688. The van der Waals surface area contributed by atoms with Crippen molar-refractivity contribution in [1.29, 1.82) is 0 Å². The number of nitrogens with one attached hydrogen (secondary N) is 2. The van der Waals surface area contributed by atoms with Crippen LogP contribution in [0.5, 0.6) is 0 Å². The Labute approximate surface area is 125 Å². The number of rotatable bonds is 8. The van der Waals surface area contributed by atoms with Crippen molar-refractivity contribution in [3.05, 3.63) is 29.8 Å². The zero-order chi connectivity index (χ0) is 15.7. The summed E-state index contributed by atoms with van der Waals surface area (Å²) in [6.45, 7) is 4.60. The summed E-state index contributed by atoms with van der Waals surface area (Å²) >= 11 is 0. The van der Waals surface area contributed by atoms with Crippen molar-refractivity contribution in [1.82, 2.24) is 5.32 Å². The first-order valence-electron chi connectivity index (χ1n) is 7.36. The van der Waals surface area contributed by atoms with Gasteiger partial charge in [0.2, 0.25) is 0 Å². The minimum Gasteiger partial charge on any atom is -0.481 e. The van der Waals surface area contributed by atoms with Gasteiger partial charge in [-0.25, -0.2) is 4.79 Å². The van der Waals surface area contributed by atoms with Gasteiger partial charge in [-0.15, -0.1) is 0 Å². The number of carboxylic acid groups (broad SMARTS) is 1. The molecular formula is C16H24N2O3. The second-order valence-electron chi connectivity index (χ2n) is 5.26. The van der Waals surface area contributed by atoms with Crippen LogP contribution < -0.4 is 10.6 Å². The van der Waals surface area contributed by atoms with Gasteiger partial charge in [-0.05, 0) is 42.9 Å². The van der Waals surface area contributed by atoms with Crippen molar-refractivity contribution in [3.8, 4) is 0 Å². The van der Waals surface area contributed by atoms with Crippen molar-refractivity contribution >= 4 is 17.7 Å². The molecule has 0 radical (unpaired) electrons. The van der Waals surface area contributed by atoms with E-state index in [1.807, 2.05) is 31.2 Å². The van der Waals surface area contributed by atoms with Gasteiger partial charge < -0.3 is 15.7 Å². The van der Waals surface area contributed by atoms with Crippen LogP contribution in [0.2, 0.25) is 0 Å². The van der Waals surface area contributed by atoms with Crippen molar-refractivity contribution in [2.24, 2.45) is 5.92 Å². The maximum absolute atomic E-state index is 11.7. The van der Waals surface area contributed by atoms with Gasteiger partial charge in [0.05, 0.1) is 0 Å². The second kappa shape index (κ2) is 9.00. The Kier molecular flexibility index (Phi) is 7.29. The van der Waals surface area contributed by atoms with Crippen LogP contribution in [0.3, 0.4) is 0 Å². The maximum atomic E-state index is 11.7. The van der Waals surface area contributed by atoms with E-state index in [1.165, 1.54) is 5.56 Å². The molecule has 0 aliphatic heterocycles. The summed E-state index contributed by atoms with van der Waals surface area (Å²) in [5.41, 5.74) is 1.96. The molecule has 21 heavy (non-hydrogen) atoms. The molecule has 0 bridgehead atoms. The molecule has 0 spiro atoms. The fourth-order valence-electron chi connectivity index (χ4n) is 1.99. The molecule has 0 heterocycles. The van der Waals surface area contributed by atoms with Crippen molar-refractivity contribution in [3.63, 3.8) is 0 Å². The predicted molar refractivity (Wildman–Crippen MR) is 83.5 cm³/mol. The maximum Gasteiger partial charge on any atom is 0.319 e. The first-order chi connectivity index (χ1) is 10.0. The van der Waals surface area contributed by atoms with E-state index in [9.17, 15) is 9.59 Å². The third-order valence-electron chi connectivity index (χ3n) is 3.37. The van der Waals surface area contributed by atoms with E-state index in [-0.39, 0.29) is 18.4 Å². The molecule has 0 fully saturated rings. The number of aryl methyl sites for hydroxylation is 1. The van der Waals surface area contributed by atoms with Gasteiger partial charge in [-0.2, -0.15) is 0 Å². The van der Waals surface area contributed by atoms with E-state index < -0.39 is 5.97 Å². The van der Waals surface area contributed by atoms with Crippen LogP contribution in [0, 0.1) is 5.92 Å². The summed E-state index contributed by atoms with van der Waals surface area (Å²) in [5.74, 6) is -0.492. The van der Waals surface area contributed by atoms with Crippen molar-refractivity contribution in [2.75, 3.05) is 11.9 Å². The number of anilines is 1. The highest BCUT2D eigenvalue weighted by Gasteiger charge is 2.07. The molecule has 1 aromatic carbocycles. The minimum absolute atomic E-state index is 0.178. The molecule has 5 heteroatoms. The molecule has 0 aromatic heterocycles. The average Bonchev–Trinajstić information content (AvgIpc) is 2.45. The van der Waals surface area contributed by atoms with Gasteiger partial charge >= 0.3 is 12.0 Å². The number of carbonyl (C=O) groups excluding carboxylic acids is 1. The topological polar surface area (TPSA) is 78.4 Å². The summed E-state index contributed by atoms with van der Waals surface area (Å²) < 4.78 is 0. The Morgan fingerprint density at radius 1 is 1.29 bits per heavy atom. The Balaban J connectivity index is 2.26. The lowest BCUT2D eigenvalue weighted by atomic mass is 10.0.